The molecule has 0 atom stereocenters. The molecular weight excluding hydrogens is 444 g/mol. The highest BCUT2D eigenvalue weighted by atomic mass is 35.5. The summed E-state index contributed by atoms with van der Waals surface area (Å²) < 4.78 is 18.9. The molecule has 2 aromatic carbocycles. The van der Waals surface area contributed by atoms with Gasteiger partial charge in [-0.3, -0.25) is 14.5 Å². The minimum absolute atomic E-state index is 0.187. The van der Waals surface area contributed by atoms with Crippen molar-refractivity contribution in [1.29, 1.82) is 0 Å². The number of piperidine rings is 1. The summed E-state index contributed by atoms with van der Waals surface area (Å²) in [4.78, 5) is 28.8. The number of aromatic nitrogens is 1. The Labute approximate surface area is 187 Å². The summed E-state index contributed by atoms with van der Waals surface area (Å²) >= 11 is 12.3. The van der Waals surface area contributed by atoms with E-state index in [1.165, 1.54) is 29.2 Å². The van der Waals surface area contributed by atoms with Gasteiger partial charge >= 0.3 is 0 Å². The number of hydrogen-bond acceptors (Lipinski definition) is 5. The van der Waals surface area contributed by atoms with Crippen molar-refractivity contribution in [3.8, 4) is 0 Å². The van der Waals surface area contributed by atoms with Crippen LogP contribution >= 0.6 is 23.2 Å². The summed E-state index contributed by atoms with van der Waals surface area (Å²) in [6, 6.07) is 7.56. The quantitative estimate of drug-likeness (QED) is 0.524. The molecule has 3 heterocycles. The number of imide groups is 1. The van der Waals surface area contributed by atoms with E-state index in [-0.39, 0.29) is 39.5 Å². The molecule has 0 saturated carbocycles. The second kappa shape index (κ2) is 7.89. The van der Waals surface area contributed by atoms with Gasteiger partial charge in [-0.2, -0.15) is 0 Å². The highest BCUT2D eigenvalue weighted by molar-refractivity contribution is 6.41. The van der Waals surface area contributed by atoms with Crippen molar-refractivity contribution in [2.75, 3.05) is 26.2 Å². The summed E-state index contributed by atoms with van der Waals surface area (Å²) in [5.41, 5.74) is 0.901. The zero-order chi connectivity index (χ0) is 21.7. The standard InChI is InChI=1S/C22H18Cl2FN3O3/c23-15-3-4-16(24)19-18(15)21(29)28(22(19)30)10-9-27-7-5-12(6-8-27)20-14-2-1-13(25)11-17(14)26-31-20/h1-4,11-12H,5-10H2. The first-order valence-electron chi connectivity index (χ1n) is 10.1. The Morgan fingerprint density at radius 3 is 2.29 bits per heavy atom. The van der Waals surface area contributed by atoms with Gasteiger partial charge in [0.25, 0.3) is 11.8 Å². The zero-order valence-corrected chi connectivity index (χ0v) is 17.9. The molecule has 5 rings (SSSR count). The normalized spacial score (nSPS) is 17.7. The van der Waals surface area contributed by atoms with Gasteiger partial charge in [0, 0.05) is 30.5 Å². The Morgan fingerprint density at radius 1 is 1.00 bits per heavy atom. The van der Waals surface area contributed by atoms with E-state index in [1.54, 1.807) is 6.07 Å². The first kappa shape index (κ1) is 20.4. The van der Waals surface area contributed by atoms with Crippen LogP contribution in [0.1, 0.15) is 45.2 Å². The number of rotatable bonds is 4. The Bertz CT molecular complexity index is 1160. The van der Waals surface area contributed by atoms with E-state index in [0.717, 1.165) is 37.1 Å². The molecule has 1 aromatic heterocycles. The van der Waals surface area contributed by atoms with Crippen molar-refractivity contribution in [2.24, 2.45) is 0 Å². The van der Waals surface area contributed by atoms with Crippen molar-refractivity contribution >= 4 is 45.9 Å². The van der Waals surface area contributed by atoms with Crippen molar-refractivity contribution in [1.82, 2.24) is 15.0 Å². The maximum Gasteiger partial charge on any atom is 0.263 e. The SMILES string of the molecule is O=C1c2c(Cl)ccc(Cl)c2C(=O)N1CCN1CCC(c2onc3cc(F)ccc23)CC1. The third kappa shape index (κ3) is 3.50. The van der Waals surface area contributed by atoms with E-state index in [2.05, 4.69) is 10.1 Å². The lowest BCUT2D eigenvalue weighted by Crippen LogP contribution is -2.41. The first-order chi connectivity index (χ1) is 14.9. The number of nitrogens with zero attached hydrogens (tertiary/aromatic N) is 3. The van der Waals surface area contributed by atoms with Crippen molar-refractivity contribution in [3.63, 3.8) is 0 Å². The Hall–Kier alpha value is -2.48. The van der Waals surface area contributed by atoms with Crippen LogP contribution in [0.25, 0.3) is 10.9 Å². The lowest BCUT2D eigenvalue weighted by molar-refractivity contribution is 0.0629. The highest BCUT2D eigenvalue weighted by Gasteiger charge is 2.39. The van der Waals surface area contributed by atoms with Crippen LogP contribution in [0.4, 0.5) is 4.39 Å². The largest absolute Gasteiger partial charge is 0.360 e. The van der Waals surface area contributed by atoms with Crippen molar-refractivity contribution < 1.29 is 18.5 Å². The molecule has 1 fully saturated rings. The molecule has 0 aliphatic carbocycles. The molecule has 2 aliphatic rings. The van der Waals surface area contributed by atoms with E-state index in [4.69, 9.17) is 27.7 Å². The van der Waals surface area contributed by atoms with Gasteiger partial charge < -0.3 is 9.42 Å². The molecule has 3 aromatic rings. The van der Waals surface area contributed by atoms with Gasteiger partial charge in [-0.25, -0.2) is 4.39 Å². The van der Waals surface area contributed by atoms with Crippen LogP contribution in [0.5, 0.6) is 0 Å². The number of amides is 2. The van der Waals surface area contributed by atoms with Gasteiger partial charge in [-0.05, 0) is 50.2 Å². The van der Waals surface area contributed by atoms with E-state index in [9.17, 15) is 14.0 Å². The molecule has 31 heavy (non-hydrogen) atoms. The summed E-state index contributed by atoms with van der Waals surface area (Å²) in [5, 5.41) is 5.30. The van der Waals surface area contributed by atoms with Crippen LogP contribution in [0, 0.1) is 5.82 Å². The lowest BCUT2D eigenvalue weighted by Gasteiger charge is -2.31. The lowest BCUT2D eigenvalue weighted by atomic mass is 9.92. The monoisotopic (exact) mass is 461 g/mol. The van der Waals surface area contributed by atoms with Crippen molar-refractivity contribution in [2.45, 2.75) is 18.8 Å². The fourth-order valence-electron chi connectivity index (χ4n) is 4.43. The first-order valence-corrected chi connectivity index (χ1v) is 10.8. The van der Waals surface area contributed by atoms with Gasteiger partial charge in [-0.1, -0.05) is 28.4 Å². The van der Waals surface area contributed by atoms with Gasteiger partial charge in [0.2, 0.25) is 0 Å². The van der Waals surface area contributed by atoms with Crippen LogP contribution in [0.3, 0.4) is 0 Å². The number of benzene rings is 2. The van der Waals surface area contributed by atoms with Crippen LogP contribution in [0.2, 0.25) is 10.0 Å². The zero-order valence-electron chi connectivity index (χ0n) is 16.4. The smallest absolute Gasteiger partial charge is 0.263 e. The third-order valence-electron chi connectivity index (χ3n) is 6.09. The second-order valence-electron chi connectivity index (χ2n) is 7.87. The number of carbonyl (C=O) groups is 2. The molecule has 0 N–H and O–H groups in total. The number of carbonyl (C=O) groups excluding carboxylic acids is 2. The fraction of sp³-hybridized carbons (Fsp3) is 0.318. The minimum Gasteiger partial charge on any atom is -0.360 e. The molecule has 9 heteroatoms. The summed E-state index contributed by atoms with van der Waals surface area (Å²) in [5.74, 6) is -0.147. The molecule has 2 amide bonds. The Balaban J connectivity index is 1.22. The van der Waals surface area contributed by atoms with E-state index >= 15 is 0 Å². The molecule has 6 nitrogen and oxygen atoms in total. The molecule has 0 bridgehead atoms. The summed E-state index contributed by atoms with van der Waals surface area (Å²) in [7, 11) is 0. The van der Waals surface area contributed by atoms with Gasteiger partial charge in [0.1, 0.15) is 17.1 Å². The van der Waals surface area contributed by atoms with Crippen molar-refractivity contribution in [3.05, 3.63) is 63.1 Å². The molecule has 1 saturated heterocycles. The molecule has 0 spiro atoms. The Kier molecular flexibility index (Phi) is 5.20. The molecule has 2 aliphatic heterocycles. The number of fused-ring (bicyclic) bond motifs is 2. The molecular formula is C22H18Cl2FN3O3. The van der Waals surface area contributed by atoms with Crippen LogP contribution in [-0.2, 0) is 0 Å². The van der Waals surface area contributed by atoms with E-state index in [1.807, 2.05) is 0 Å². The summed E-state index contributed by atoms with van der Waals surface area (Å²) in [6.07, 6.45) is 1.70. The van der Waals surface area contributed by atoms with E-state index in [0.29, 0.717) is 12.1 Å². The van der Waals surface area contributed by atoms with Crippen LogP contribution < -0.4 is 0 Å². The predicted octanol–water partition coefficient (Wildman–Crippen LogP) is 4.75. The van der Waals surface area contributed by atoms with Gasteiger partial charge in [-0.15, -0.1) is 0 Å². The van der Waals surface area contributed by atoms with E-state index < -0.39 is 11.8 Å². The van der Waals surface area contributed by atoms with Crippen LogP contribution in [-0.4, -0.2) is 52.9 Å². The average molecular weight is 462 g/mol. The predicted molar refractivity (Wildman–Crippen MR) is 114 cm³/mol. The topological polar surface area (TPSA) is 66.7 Å². The molecule has 0 unspecified atom stereocenters. The third-order valence-corrected chi connectivity index (χ3v) is 6.72. The summed E-state index contributed by atoms with van der Waals surface area (Å²) in [6.45, 7) is 2.42. The highest BCUT2D eigenvalue weighted by Crippen LogP contribution is 2.35. The fourth-order valence-corrected chi connectivity index (χ4v) is 4.90. The maximum atomic E-state index is 13.4. The Morgan fingerprint density at radius 2 is 1.65 bits per heavy atom. The molecule has 160 valence electrons. The second-order valence-corrected chi connectivity index (χ2v) is 8.68. The maximum absolute atomic E-state index is 13.4. The molecule has 0 radical (unpaired) electrons. The van der Waals surface area contributed by atoms with Gasteiger partial charge in [0.15, 0.2) is 0 Å². The minimum atomic E-state index is -0.400. The van der Waals surface area contributed by atoms with Gasteiger partial charge in [0.05, 0.1) is 21.2 Å². The van der Waals surface area contributed by atoms with Crippen LogP contribution in [0.15, 0.2) is 34.9 Å². The average Bonchev–Trinajstić information content (AvgIpc) is 3.29. The number of halogens is 3. The number of likely N-dealkylation sites (tertiary alicyclic amines) is 1. The number of hydrogen-bond donors (Lipinski definition) is 0.